The van der Waals surface area contributed by atoms with Crippen LogP contribution in [0.4, 0.5) is 16.5 Å². The highest BCUT2D eigenvalue weighted by molar-refractivity contribution is 7.09. The van der Waals surface area contributed by atoms with Crippen molar-refractivity contribution in [2.45, 2.75) is 25.7 Å². The molecular formula is C13H14N4OS. The predicted octanol–water partition coefficient (Wildman–Crippen LogP) is 3.12. The van der Waals surface area contributed by atoms with Gasteiger partial charge in [0.05, 0.1) is 0 Å². The van der Waals surface area contributed by atoms with Gasteiger partial charge in [-0.25, -0.2) is 4.98 Å². The Labute approximate surface area is 115 Å². The molecule has 0 unspecified atom stereocenters. The molecule has 3 rings (SSSR count). The summed E-state index contributed by atoms with van der Waals surface area (Å²) in [5.41, 5.74) is 1.72. The monoisotopic (exact) mass is 274 g/mol. The molecule has 98 valence electrons. The van der Waals surface area contributed by atoms with Gasteiger partial charge in [0.25, 0.3) is 0 Å². The highest BCUT2D eigenvalue weighted by Gasteiger charge is 2.27. The Morgan fingerprint density at radius 1 is 1.26 bits per heavy atom. The van der Waals surface area contributed by atoms with E-state index >= 15 is 0 Å². The van der Waals surface area contributed by atoms with Crippen LogP contribution in [-0.4, -0.2) is 15.3 Å². The second-order valence-electron chi connectivity index (χ2n) is 4.62. The number of anilines is 3. The summed E-state index contributed by atoms with van der Waals surface area (Å²) in [4.78, 5) is 15.4. The quantitative estimate of drug-likeness (QED) is 0.899. The summed E-state index contributed by atoms with van der Waals surface area (Å²) in [6.45, 7) is 1.49. The van der Waals surface area contributed by atoms with E-state index in [2.05, 4.69) is 20.0 Å². The molecule has 19 heavy (non-hydrogen) atoms. The van der Waals surface area contributed by atoms with Gasteiger partial charge in [0.15, 0.2) is 0 Å². The van der Waals surface area contributed by atoms with Gasteiger partial charge >= 0.3 is 0 Å². The van der Waals surface area contributed by atoms with Crippen LogP contribution in [0.5, 0.6) is 0 Å². The van der Waals surface area contributed by atoms with Crippen LogP contribution < -0.4 is 10.6 Å². The fraction of sp³-hybridized carbons (Fsp3) is 0.308. The zero-order valence-corrected chi connectivity index (χ0v) is 11.3. The minimum absolute atomic E-state index is 0.0705. The third-order valence-electron chi connectivity index (χ3n) is 2.84. The molecule has 1 aliphatic rings. The number of hydrogen-bond donors (Lipinski definition) is 2. The normalized spacial score (nSPS) is 14.2. The van der Waals surface area contributed by atoms with Crippen molar-refractivity contribution in [2.75, 3.05) is 10.6 Å². The van der Waals surface area contributed by atoms with Gasteiger partial charge in [-0.15, -0.1) is 0 Å². The number of nitrogens with zero attached hydrogens (tertiary/aromatic N) is 2. The molecule has 1 aliphatic carbocycles. The molecule has 0 spiro atoms. The summed E-state index contributed by atoms with van der Waals surface area (Å²) < 4.78 is 4.34. The van der Waals surface area contributed by atoms with E-state index in [1.807, 2.05) is 24.3 Å². The summed E-state index contributed by atoms with van der Waals surface area (Å²) in [5.74, 6) is 1.47. The molecule has 1 aromatic carbocycles. The largest absolute Gasteiger partial charge is 0.330 e. The van der Waals surface area contributed by atoms with Gasteiger partial charge in [-0.05, 0) is 37.1 Å². The van der Waals surface area contributed by atoms with Crippen molar-refractivity contribution in [2.24, 2.45) is 0 Å². The summed E-state index contributed by atoms with van der Waals surface area (Å²) in [7, 11) is 0. The first-order valence-electron chi connectivity index (χ1n) is 6.19. The first kappa shape index (κ1) is 12.1. The first-order valence-corrected chi connectivity index (χ1v) is 6.96. The molecule has 0 atom stereocenters. The van der Waals surface area contributed by atoms with Crippen molar-refractivity contribution in [3.8, 4) is 0 Å². The average molecular weight is 274 g/mol. The highest BCUT2D eigenvalue weighted by atomic mass is 32.1. The minimum Gasteiger partial charge on any atom is -0.330 e. The van der Waals surface area contributed by atoms with Crippen LogP contribution in [0.25, 0.3) is 0 Å². The van der Waals surface area contributed by atoms with Crippen LogP contribution in [0.3, 0.4) is 0 Å². The van der Waals surface area contributed by atoms with Gasteiger partial charge in [-0.3, -0.25) is 4.79 Å². The van der Waals surface area contributed by atoms with Crippen molar-refractivity contribution in [3.05, 3.63) is 30.1 Å². The van der Waals surface area contributed by atoms with Crippen LogP contribution in [0, 0.1) is 0 Å². The molecule has 2 aromatic rings. The Bertz CT molecular complexity index is 589. The summed E-state index contributed by atoms with van der Waals surface area (Å²) in [6, 6.07) is 7.52. The van der Waals surface area contributed by atoms with E-state index in [0.29, 0.717) is 5.92 Å². The van der Waals surface area contributed by atoms with Crippen molar-refractivity contribution < 1.29 is 4.79 Å². The van der Waals surface area contributed by atoms with E-state index < -0.39 is 0 Å². The second kappa shape index (κ2) is 4.97. The van der Waals surface area contributed by atoms with Gasteiger partial charge in [-0.1, -0.05) is 0 Å². The second-order valence-corrected chi connectivity index (χ2v) is 5.37. The Kier molecular flexibility index (Phi) is 3.16. The fourth-order valence-electron chi connectivity index (χ4n) is 1.76. The molecule has 5 nitrogen and oxygen atoms in total. The minimum atomic E-state index is -0.0705. The van der Waals surface area contributed by atoms with Crippen molar-refractivity contribution in [1.82, 2.24) is 9.36 Å². The maximum absolute atomic E-state index is 10.9. The standard InChI is InChI=1S/C13H14N4OS/c1-8(18)14-10-4-6-11(7-5-10)15-13-16-12(17-19-13)9-2-3-9/h4-7,9H,2-3H2,1H3,(H,14,18)(H,15,16,17). The van der Waals surface area contributed by atoms with Gasteiger partial charge in [0.2, 0.25) is 11.0 Å². The summed E-state index contributed by atoms with van der Waals surface area (Å²) >= 11 is 1.39. The Hall–Kier alpha value is -1.95. The van der Waals surface area contributed by atoms with E-state index in [9.17, 15) is 4.79 Å². The van der Waals surface area contributed by atoms with Crippen LogP contribution in [-0.2, 0) is 4.79 Å². The smallest absolute Gasteiger partial charge is 0.221 e. The first-order chi connectivity index (χ1) is 9.20. The number of carbonyl (C=O) groups is 1. The van der Waals surface area contributed by atoms with Gasteiger partial charge in [0.1, 0.15) is 5.82 Å². The van der Waals surface area contributed by atoms with Crippen LogP contribution >= 0.6 is 11.5 Å². The van der Waals surface area contributed by atoms with Crippen molar-refractivity contribution in [3.63, 3.8) is 0 Å². The lowest BCUT2D eigenvalue weighted by molar-refractivity contribution is -0.114. The molecule has 1 amide bonds. The zero-order chi connectivity index (χ0) is 13.2. The summed E-state index contributed by atoms with van der Waals surface area (Å²) in [5, 5.41) is 6.76. The maximum Gasteiger partial charge on any atom is 0.221 e. The Morgan fingerprint density at radius 2 is 1.95 bits per heavy atom. The molecule has 2 N–H and O–H groups in total. The third kappa shape index (κ3) is 3.08. The molecular weight excluding hydrogens is 260 g/mol. The van der Waals surface area contributed by atoms with E-state index in [0.717, 1.165) is 22.3 Å². The molecule has 0 aliphatic heterocycles. The van der Waals surface area contributed by atoms with E-state index in [-0.39, 0.29) is 5.91 Å². The molecule has 0 bridgehead atoms. The molecule has 1 saturated carbocycles. The van der Waals surface area contributed by atoms with E-state index in [1.54, 1.807) is 0 Å². The lowest BCUT2D eigenvalue weighted by Gasteiger charge is -2.04. The van der Waals surface area contributed by atoms with Crippen molar-refractivity contribution in [1.29, 1.82) is 0 Å². The maximum atomic E-state index is 10.9. The molecule has 0 saturated heterocycles. The van der Waals surface area contributed by atoms with Crippen molar-refractivity contribution >= 4 is 33.9 Å². The molecule has 1 fully saturated rings. The Balaban J connectivity index is 1.66. The number of aromatic nitrogens is 2. The molecule has 1 heterocycles. The predicted molar refractivity (Wildman–Crippen MR) is 75.9 cm³/mol. The lowest BCUT2D eigenvalue weighted by atomic mass is 10.3. The molecule has 0 radical (unpaired) electrons. The van der Waals surface area contributed by atoms with Gasteiger partial charge in [0, 0.05) is 35.7 Å². The van der Waals surface area contributed by atoms with Crippen LogP contribution in [0.2, 0.25) is 0 Å². The molecule has 6 heteroatoms. The lowest BCUT2D eigenvalue weighted by Crippen LogP contribution is -2.05. The average Bonchev–Trinajstić information content (AvgIpc) is 3.12. The number of rotatable bonds is 4. The van der Waals surface area contributed by atoms with Gasteiger partial charge in [-0.2, -0.15) is 4.37 Å². The number of hydrogen-bond acceptors (Lipinski definition) is 5. The van der Waals surface area contributed by atoms with E-state index in [1.165, 1.54) is 31.3 Å². The number of benzene rings is 1. The van der Waals surface area contributed by atoms with E-state index in [4.69, 9.17) is 0 Å². The number of amides is 1. The van der Waals surface area contributed by atoms with Gasteiger partial charge < -0.3 is 10.6 Å². The highest BCUT2D eigenvalue weighted by Crippen LogP contribution is 2.39. The number of carbonyl (C=O) groups excluding carboxylic acids is 1. The molecule has 1 aromatic heterocycles. The zero-order valence-electron chi connectivity index (χ0n) is 10.5. The summed E-state index contributed by atoms with van der Waals surface area (Å²) in [6.07, 6.45) is 2.42. The van der Waals surface area contributed by atoms with Crippen LogP contribution in [0.1, 0.15) is 31.5 Å². The third-order valence-corrected chi connectivity index (χ3v) is 3.49. The fourth-order valence-corrected chi connectivity index (χ4v) is 2.42. The topological polar surface area (TPSA) is 66.9 Å². The SMILES string of the molecule is CC(=O)Nc1ccc(Nc2nc(C3CC3)ns2)cc1. The number of nitrogens with one attached hydrogen (secondary N) is 2. The van der Waals surface area contributed by atoms with Crippen LogP contribution in [0.15, 0.2) is 24.3 Å². The Morgan fingerprint density at radius 3 is 2.58 bits per heavy atom.